The molecule has 1 heterocycles. The number of hydrogen-bond donors (Lipinski definition) is 2. The minimum atomic E-state index is -4.26. The van der Waals surface area contributed by atoms with E-state index in [2.05, 4.69) is 15.0 Å². The van der Waals surface area contributed by atoms with Gasteiger partial charge in [-0.2, -0.15) is 0 Å². The zero-order chi connectivity index (χ0) is 23.1. The van der Waals surface area contributed by atoms with Crippen LogP contribution in [-0.4, -0.2) is 38.3 Å². The molecule has 0 unspecified atom stereocenters. The van der Waals surface area contributed by atoms with Crippen LogP contribution in [0, 0.1) is 0 Å². The van der Waals surface area contributed by atoms with Gasteiger partial charge in [-0.25, -0.2) is 22.9 Å². The van der Waals surface area contributed by atoms with E-state index in [0.29, 0.717) is 0 Å². The van der Waals surface area contributed by atoms with Gasteiger partial charge in [-0.1, -0.05) is 36.4 Å². The molecule has 0 atom stereocenters. The van der Waals surface area contributed by atoms with Gasteiger partial charge in [0.25, 0.3) is 21.8 Å². The van der Waals surface area contributed by atoms with Crippen molar-refractivity contribution in [1.29, 1.82) is 0 Å². The molecule has 0 aliphatic heterocycles. The smallest absolute Gasteiger partial charge is 0.356 e. The van der Waals surface area contributed by atoms with Crippen LogP contribution in [0.1, 0.15) is 36.8 Å². The molecule has 9 nitrogen and oxygen atoms in total. The van der Waals surface area contributed by atoms with Crippen molar-refractivity contribution < 1.29 is 27.5 Å². The van der Waals surface area contributed by atoms with E-state index in [4.69, 9.17) is 0 Å². The predicted molar refractivity (Wildman–Crippen MR) is 114 cm³/mol. The van der Waals surface area contributed by atoms with Crippen molar-refractivity contribution in [2.75, 3.05) is 7.11 Å². The maximum Gasteiger partial charge on any atom is 0.356 e. The predicted octanol–water partition coefficient (Wildman–Crippen LogP) is 1.92. The van der Waals surface area contributed by atoms with Crippen LogP contribution in [0.4, 0.5) is 0 Å². The molecule has 0 fully saturated rings. The van der Waals surface area contributed by atoms with Crippen LogP contribution in [0.2, 0.25) is 0 Å². The van der Waals surface area contributed by atoms with Crippen molar-refractivity contribution in [3.8, 4) is 0 Å². The molecule has 0 aliphatic rings. The van der Waals surface area contributed by atoms with Gasteiger partial charge in [0.2, 0.25) is 0 Å². The molecule has 10 heteroatoms. The van der Waals surface area contributed by atoms with E-state index in [1.807, 2.05) is 35.1 Å². The summed E-state index contributed by atoms with van der Waals surface area (Å²) in [4.78, 5) is 39.7. The van der Waals surface area contributed by atoms with Gasteiger partial charge in [0, 0.05) is 18.3 Å². The Hall–Kier alpha value is -4.05. The van der Waals surface area contributed by atoms with E-state index in [-0.39, 0.29) is 28.3 Å². The molecule has 0 aliphatic carbocycles. The van der Waals surface area contributed by atoms with E-state index in [1.54, 1.807) is 0 Å². The summed E-state index contributed by atoms with van der Waals surface area (Å²) in [5, 5.41) is 2.71. The lowest BCUT2D eigenvalue weighted by Crippen LogP contribution is -2.31. The number of nitrogens with zero attached hydrogens (tertiary/aromatic N) is 1. The molecule has 2 amide bonds. The zero-order valence-electron chi connectivity index (χ0n) is 16.9. The summed E-state index contributed by atoms with van der Waals surface area (Å²) in [5.74, 6) is -2.08. The van der Waals surface area contributed by atoms with Crippen LogP contribution in [-0.2, 0) is 21.3 Å². The first-order valence-electron chi connectivity index (χ1n) is 9.34. The normalized spacial score (nSPS) is 10.8. The molecule has 0 radical (unpaired) electrons. The summed E-state index contributed by atoms with van der Waals surface area (Å²) in [5.41, 5.74) is 0.920. The number of methoxy groups -OCH3 is 1. The number of carbonyl (C=O) groups excluding carboxylic acids is 3. The van der Waals surface area contributed by atoms with Crippen LogP contribution in [0.15, 0.2) is 77.8 Å². The molecule has 32 heavy (non-hydrogen) atoms. The molecule has 0 spiro atoms. The number of carbonyl (C=O) groups is 3. The minimum Gasteiger partial charge on any atom is -0.464 e. The van der Waals surface area contributed by atoms with Crippen molar-refractivity contribution >= 4 is 27.8 Å². The molecular weight excluding hydrogens is 434 g/mol. The van der Waals surface area contributed by atoms with Crippen LogP contribution in [0.3, 0.4) is 0 Å². The van der Waals surface area contributed by atoms with Gasteiger partial charge in [-0.15, -0.1) is 0 Å². The second kappa shape index (κ2) is 9.84. The Labute approximate surface area is 184 Å². The minimum absolute atomic E-state index is 0.0267. The van der Waals surface area contributed by atoms with E-state index in [0.717, 1.165) is 11.8 Å². The van der Waals surface area contributed by atoms with Gasteiger partial charge in [-0.05, 0) is 35.9 Å². The number of esters is 1. The Morgan fingerprint density at radius 2 is 1.66 bits per heavy atom. The number of hydrogen-bond acceptors (Lipinski definition) is 7. The first-order valence-corrected chi connectivity index (χ1v) is 10.8. The standard InChI is InChI=1S/C22H19N3O6S/c1-31-22(28)19-11-10-17(14-23-19)21(27)25-32(29,30)18-9-5-8-16(12-18)20(26)24-13-15-6-3-2-4-7-15/h2-12,14H,13H2,1H3,(H,24,26)(H,25,27). The average Bonchev–Trinajstić information content (AvgIpc) is 2.82. The highest BCUT2D eigenvalue weighted by Gasteiger charge is 2.21. The Balaban J connectivity index is 1.70. The number of amides is 2. The summed E-state index contributed by atoms with van der Waals surface area (Å²) in [6.07, 6.45) is 1.06. The van der Waals surface area contributed by atoms with Crippen molar-refractivity contribution in [1.82, 2.24) is 15.0 Å². The molecule has 0 bridgehead atoms. The SMILES string of the molecule is COC(=O)c1ccc(C(=O)NS(=O)(=O)c2cccc(C(=O)NCc3ccccc3)c2)cn1. The monoisotopic (exact) mass is 453 g/mol. The number of pyridine rings is 1. The summed E-state index contributed by atoms with van der Waals surface area (Å²) in [6.45, 7) is 0.280. The van der Waals surface area contributed by atoms with Gasteiger partial charge in [-0.3, -0.25) is 9.59 Å². The number of aromatic nitrogens is 1. The Morgan fingerprint density at radius 3 is 2.31 bits per heavy atom. The van der Waals surface area contributed by atoms with E-state index in [1.165, 1.54) is 43.5 Å². The molecule has 1 aromatic heterocycles. The maximum atomic E-state index is 12.6. The van der Waals surface area contributed by atoms with Crippen LogP contribution in [0.25, 0.3) is 0 Å². The number of sulfonamides is 1. The number of ether oxygens (including phenoxy) is 1. The number of nitrogens with one attached hydrogen (secondary N) is 2. The zero-order valence-corrected chi connectivity index (χ0v) is 17.8. The molecular formula is C22H19N3O6S. The summed E-state index contributed by atoms with van der Waals surface area (Å²) < 4.78 is 31.7. The third-order valence-electron chi connectivity index (χ3n) is 4.35. The Bertz CT molecular complexity index is 1240. The lowest BCUT2D eigenvalue weighted by atomic mass is 10.2. The highest BCUT2D eigenvalue weighted by molar-refractivity contribution is 7.90. The third kappa shape index (κ3) is 5.55. The fourth-order valence-electron chi connectivity index (χ4n) is 2.68. The molecule has 2 N–H and O–H groups in total. The topological polar surface area (TPSA) is 132 Å². The van der Waals surface area contributed by atoms with Gasteiger partial charge in [0.15, 0.2) is 0 Å². The molecule has 2 aromatic carbocycles. The van der Waals surface area contributed by atoms with E-state index in [9.17, 15) is 22.8 Å². The Morgan fingerprint density at radius 1 is 0.906 bits per heavy atom. The second-order valence-corrected chi connectivity index (χ2v) is 8.24. The molecule has 3 aromatic rings. The first-order chi connectivity index (χ1) is 15.3. The quantitative estimate of drug-likeness (QED) is 0.523. The van der Waals surface area contributed by atoms with Gasteiger partial charge < -0.3 is 10.1 Å². The average molecular weight is 453 g/mol. The van der Waals surface area contributed by atoms with Crippen molar-refractivity contribution in [3.63, 3.8) is 0 Å². The molecule has 0 saturated carbocycles. The van der Waals surface area contributed by atoms with E-state index >= 15 is 0 Å². The van der Waals surface area contributed by atoms with Crippen molar-refractivity contribution in [2.45, 2.75) is 11.4 Å². The largest absolute Gasteiger partial charge is 0.464 e. The van der Waals surface area contributed by atoms with Gasteiger partial charge in [0.05, 0.1) is 17.6 Å². The fraction of sp³-hybridized carbons (Fsp3) is 0.0909. The number of benzene rings is 2. The van der Waals surface area contributed by atoms with Gasteiger partial charge in [0.1, 0.15) is 5.69 Å². The highest BCUT2D eigenvalue weighted by atomic mass is 32.2. The highest BCUT2D eigenvalue weighted by Crippen LogP contribution is 2.13. The van der Waals surface area contributed by atoms with Crippen molar-refractivity contribution in [2.24, 2.45) is 0 Å². The van der Waals surface area contributed by atoms with E-state index < -0.39 is 27.8 Å². The lowest BCUT2D eigenvalue weighted by molar-refractivity contribution is 0.0593. The van der Waals surface area contributed by atoms with Gasteiger partial charge >= 0.3 is 5.97 Å². The number of rotatable bonds is 7. The third-order valence-corrected chi connectivity index (χ3v) is 5.68. The van der Waals surface area contributed by atoms with Crippen LogP contribution < -0.4 is 10.0 Å². The molecule has 3 rings (SSSR count). The summed E-state index contributed by atoms with van der Waals surface area (Å²) in [6, 6.07) is 17.1. The van der Waals surface area contributed by atoms with Crippen molar-refractivity contribution in [3.05, 3.63) is 95.3 Å². The summed E-state index contributed by atoms with van der Waals surface area (Å²) in [7, 11) is -3.07. The lowest BCUT2D eigenvalue weighted by Gasteiger charge is -2.09. The molecule has 0 saturated heterocycles. The molecule has 164 valence electrons. The Kier molecular flexibility index (Phi) is 6.96. The fourth-order valence-corrected chi connectivity index (χ4v) is 3.70. The first kappa shape index (κ1) is 22.6. The van der Waals surface area contributed by atoms with Crippen LogP contribution >= 0.6 is 0 Å². The summed E-state index contributed by atoms with van der Waals surface area (Å²) >= 11 is 0. The van der Waals surface area contributed by atoms with Crippen LogP contribution in [0.5, 0.6) is 0 Å². The maximum absolute atomic E-state index is 12.6. The second-order valence-electron chi connectivity index (χ2n) is 6.55.